The zero-order chi connectivity index (χ0) is 17.9. The molecule has 0 aliphatic carbocycles. The lowest BCUT2D eigenvalue weighted by atomic mass is 10.1. The highest BCUT2D eigenvalue weighted by Crippen LogP contribution is 2.11. The zero-order valence-electron chi connectivity index (χ0n) is 14.2. The Morgan fingerprint density at radius 1 is 1.08 bits per heavy atom. The molecule has 6 heteroatoms. The summed E-state index contributed by atoms with van der Waals surface area (Å²) in [6.45, 7) is 1.92. The van der Waals surface area contributed by atoms with Gasteiger partial charge in [-0.05, 0) is 42.4 Å². The van der Waals surface area contributed by atoms with E-state index in [1.165, 1.54) is 0 Å². The van der Waals surface area contributed by atoms with Crippen molar-refractivity contribution < 1.29 is 9.53 Å². The van der Waals surface area contributed by atoms with Crippen molar-refractivity contribution in [1.29, 1.82) is 0 Å². The molecule has 0 saturated carbocycles. The number of carbonyl (C=O) groups excluding carboxylic acids is 1. The first-order valence-corrected chi connectivity index (χ1v) is 8.56. The molecular formula is C19H23N3O2S. The van der Waals surface area contributed by atoms with Crippen LogP contribution >= 0.6 is 12.2 Å². The molecule has 0 radical (unpaired) electrons. The number of ether oxygens (including phenoxy) is 1. The summed E-state index contributed by atoms with van der Waals surface area (Å²) in [5.74, 6) is -0.119. The van der Waals surface area contributed by atoms with Crippen molar-refractivity contribution >= 4 is 28.9 Å². The van der Waals surface area contributed by atoms with Crippen molar-refractivity contribution in [2.45, 2.75) is 13.0 Å². The third-order valence-corrected chi connectivity index (χ3v) is 3.74. The smallest absolute Gasteiger partial charge is 0.251 e. The van der Waals surface area contributed by atoms with Gasteiger partial charge in [-0.15, -0.1) is 0 Å². The zero-order valence-corrected chi connectivity index (χ0v) is 15.1. The first-order chi connectivity index (χ1) is 12.2. The Morgan fingerprint density at radius 3 is 2.64 bits per heavy atom. The SMILES string of the molecule is COCCCNC(=S)Nc1cccc(C(=O)NCc2ccccc2)c1. The van der Waals surface area contributed by atoms with E-state index in [2.05, 4.69) is 16.0 Å². The summed E-state index contributed by atoms with van der Waals surface area (Å²) >= 11 is 5.25. The largest absolute Gasteiger partial charge is 0.385 e. The Balaban J connectivity index is 1.85. The van der Waals surface area contributed by atoms with Gasteiger partial charge in [0.25, 0.3) is 5.91 Å². The highest BCUT2D eigenvalue weighted by Gasteiger charge is 2.06. The molecule has 0 spiro atoms. The van der Waals surface area contributed by atoms with Gasteiger partial charge in [0.15, 0.2) is 5.11 Å². The minimum atomic E-state index is -0.119. The van der Waals surface area contributed by atoms with Crippen LogP contribution in [0, 0.1) is 0 Å². The Bertz CT molecular complexity index is 692. The van der Waals surface area contributed by atoms with Gasteiger partial charge in [0.05, 0.1) is 0 Å². The van der Waals surface area contributed by atoms with E-state index in [-0.39, 0.29) is 5.91 Å². The highest BCUT2D eigenvalue weighted by atomic mass is 32.1. The molecule has 0 atom stereocenters. The summed E-state index contributed by atoms with van der Waals surface area (Å²) in [4.78, 5) is 12.3. The predicted octanol–water partition coefficient (Wildman–Crippen LogP) is 2.94. The van der Waals surface area contributed by atoms with Crippen molar-refractivity contribution in [2.24, 2.45) is 0 Å². The molecule has 2 aromatic rings. The van der Waals surface area contributed by atoms with Crippen LogP contribution in [-0.4, -0.2) is 31.3 Å². The number of benzene rings is 2. The third-order valence-electron chi connectivity index (χ3n) is 3.49. The van der Waals surface area contributed by atoms with Crippen molar-refractivity contribution in [3.8, 4) is 0 Å². The second-order valence-corrected chi connectivity index (χ2v) is 5.88. The van der Waals surface area contributed by atoms with E-state index in [9.17, 15) is 4.79 Å². The van der Waals surface area contributed by atoms with Crippen molar-refractivity contribution in [3.05, 3.63) is 65.7 Å². The molecule has 0 bridgehead atoms. The van der Waals surface area contributed by atoms with Crippen LogP contribution in [-0.2, 0) is 11.3 Å². The number of carbonyl (C=O) groups is 1. The van der Waals surface area contributed by atoms with E-state index in [0.717, 1.165) is 24.2 Å². The van der Waals surface area contributed by atoms with Gasteiger partial charge >= 0.3 is 0 Å². The molecule has 25 heavy (non-hydrogen) atoms. The maximum Gasteiger partial charge on any atom is 0.251 e. The summed E-state index contributed by atoms with van der Waals surface area (Å²) in [6.07, 6.45) is 0.875. The third kappa shape index (κ3) is 6.91. The number of amides is 1. The first-order valence-electron chi connectivity index (χ1n) is 8.15. The fourth-order valence-electron chi connectivity index (χ4n) is 2.21. The fourth-order valence-corrected chi connectivity index (χ4v) is 2.43. The van der Waals surface area contributed by atoms with E-state index < -0.39 is 0 Å². The number of rotatable bonds is 8. The van der Waals surface area contributed by atoms with Gasteiger partial charge in [-0.2, -0.15) is 0 Å². The van der Waals surface area contributed by atoms with E-state index in [0.29, 0.717) is 23.8 Å². The van der Waals surface area contributed by atoms with Gasteiger partial charge in [-0.1, -0.05) is 36.4 Å². The Kier molecular flexibility index (Phi) is 7.88. The molecular weight excluding hydrogens is 334 g/mol. The molecule has 132 valence electrons. The quantitative estimate of drug-likeness (QED) is 0.501. The first kappa shape index (κ1) is 18.9. The van der Waals surface area contributed by atoms with E-state index >= 15 is 0 Å². The Hall–Kier alpha value is -2.44. The Labute approximate surface area is 153 Å². The molecule has 2 rings (SSSR count). The number of thiocarbonyl (C=S) groups is 1. The Morgan fingerprint density at radius 2 is 1.88 bits per heavy atom. The average Bonchev–Trinajstić information content (AvgIpc) is 2.64. The van der Waals surface area contributed by atoms with Gasteiger partial charge < -0.3 is 20.7 Å². The van der Waals surface area contributed by atoms with Gasteiger partial charge in [-0.3, -0.25) is 4.79 Å². The molecule has 0 fully saturated rings. The summed E-state index contributed by atoms with van der Waals surface area (Å²) in [5.41, 5.74) is 2.42. The summed E-state index contributed by atoms with van der Waals surface area (Å²) in [7, 11) is 1.67. The van der Waals surface area contributed by atoms with Gasteiger partial charge in [0.1, 0.15) is 0 Å². The van der Waals surface area contributed by atoms with E-state index in [4.69, 9.17) is 17.0 Å². The molecule has 0 heterocycles. The van der Waals surface area contributed by atoms with Crippen LogP contribution in [0.1, 0.15) is 22.3 Å². The van der Waals surface area contributed by atoms with Crippen molar-refractivity contribution in [1.82, 2.24) is 10.6 Å². The molecule has 0 aliphatic heterocycles. The summed E-state index contributed by atoms with van der Waals surface area (Å²) in [6, 6.07) is 17.1. The topological polar surface area (TPSA) is 62.4 Å². The van der Waals surface area contributed by atoms with Crippen LogP contribution in [0.4, 0.5) is 5.69 Å². The molecule has 1 amide bonds. The number of hydrogen-bond donors (Lipinski definition) is 3. The lowest BCUT2D eigenvalue weighted by Gasteiger charge is -2.11. The van der Waals surface area contributed by atoms with Gasteiger partial charge in [-0.25, -0.2) is 0 Å². The van der Waals surface area contributed by atoms with Crippen LogP contribution in [0.15, 0.2) is 54.6 Å². The van der Waals surface area contributed by atoms with Gasteiger partial charge in [0.2, 0.25) is 0 Å². The van der Waals surface area contributed by atoms with Crippen LogP contribution in [0.3, 0.4) is 0 Å². The van der Waals surface area contributed by atoms with Crippen molar-refractivity contribution in [2.75, 3.05) is 25.6 Å². The molecule has 5 nitrogen and oxygen atoms in total. The predicted molar refractivity (Wildman–Crippen MR) is 105 cm³/mol. The van der Waals surface area contributed by atoms with Crippen LogP contribution in [0.25, 0.3) is 0 Å². The lowest BCUT2D eigenvalue weighted by molar-refractivity contribution is 0.0951. The van der Waals surface area contributed by atoms with E-state index in [1.807, 2.05) is 42.5 Å². The maximum absolute atomic E-state index is 12.3. The summed E-state index contributed by atoms with van der Waals surface area (Å²) in [5, 5.41) is 9.63. The summed E-state index contributed by atoms with van der Waals surface area (Å²) < 4.78 is 4.99. The lowest BCUT2D eigenvalue weighted by Crippen LogP contribution is -2.30. The number of hydrogen-bond acceptors (Lipinski definition) is 3. The number of methoxy groups -OCH3 is 1. The minimum absolute atomic E-state index is 0.119. The van der Waals surface area contributed by atoms with Crippen LogP contribution in [0.5, 0.6) is 0 Å². The molecule has 0 aromatic heterocycles. The molecule has 0 unspecified atom stereocenters. The normalized spacial score (nSPS) is 10.1. The minimum Gasteiger partial charge on any atom is -0.385 e. The molecule has 0 aliphatic rings. The van der Waals surface area contributed by atoms with Crippen LogP contribution in [0.2, 0.25) is 0 Å². The number of anilines is 1. The average molecular weight is 357 g/mol. The fraction of sp³-hybridized carbons (Fsp3) is 0.263. The second kappa shape index (κ2) is 10.4. The highest BCUT2D eigenvalue weighted by molar-refractivity contribution is 7.80. The molecule has 0 saturated heterocycles. The molecule has 3 N–H and O–H groups in total. The maximum atomic E-state index is 12.3. The van der Waals surface area contributed by atoms with Gasteiger partial charge in [0, 0.05) is 38.1 Å². The van der Waals surface area contributed by atoms with Crippen molar-refractivity contribution in [3.63, 3.8) is 0 Å². The van der Waals surface area contributed by atoms with E-state index in [1.54, 1.807) is 19.2 Å². The van der Waals surface area contributed by atoms with Crippen LogP contribution < -0.4 is 16.0 Å². The number of nitrogens with one attached hydrogen (secondary N) is 3. The standard InChI is InChI=1S/C19H23N3O2S/c1-24-12-6-11-20-19(25)22-17-10-5-9-16(13-17)18(23)21-14-15-7-3-2-4-8-15/h2-5,7-10,13H,6,11-12,14H2,1H3,(H,21,23)(H2,20,22,25). The monoisotopic (exact) mass is 357 g/mol. The second-order valence-electron chi connectivity index (χ2n) is 5.48. The molecule has 2 aromatic carbocycles.